The van der Waals surface area contributed by atoms with E-state index < -0.39 is 10.0 Å². The molecule has 0 saturated heterocycles. The highest BCUT2D eigenvalue weighted by Gasteiger charge is 2.12. The minimum atomic E-state index is -3.40. The van der Waals surface area contributed by atoms with Gasteiger partial charge in [-0.15, -0.1) is 0 Å². The molecule has 1 aromatic heterocycles. The Morgan fingerprint density at radius 2 is 2.27 bits per heavy atom. The van der Waals surface area contributed by atoms with Gasteiger partial charge in [0.1, 0.15) is 0 Å². The van der Waals surface area contributed by atoms with Gasteiger partial charge in [0, 0.05) is 6.20 Å². The zero-order chi connectivity index (χ0) is 11.3. The lowest BCUT2D eigenvalue weighted by Gasteiger charge is -2.07. The molecule has 0 radical (unpaired) electrons. The first-order valence-corrected chi connectivity index (χ1v) is 6.39. The number of rotatable bonds is 5. The first-order valence-electron chi connectivity index (χ1n) is 4.36. The lowest BCUT2D eigenvalue weighted by atomic mass is 10.5. The van der Waals surface area contributed by atoms with Crippen molar-refractivity contribution in [1.82, 2.24) is 4.98 Å². The molecule has 0 aliphatic carbocycles. The lowest BCUT2D eigenvalue weighted by Crippen LogP contribution is -2.19. The van der Waals surface area contributed by atoms with Gasteiger partial charge in [0.2, 0.25) is 10.0 Å². The molecule has 0 fully saturated rings. The molecule has 1 heterocycles. The standard InChI is InChI=1S/C8H12ClN3O2S/c9-7-3-1-5-11-8(7)12-15(13,14)6-2-4-10/h1,3,5H,2,4,6,10H2,(H,11,12). The molecule has 0 unspecified atom stereocenters. The fourth-order valence-corrected chi connectivity index (χ4v) is 2.26. The van der Waals surface area contributed by atoms with Crippen molar-refractivity contribution in [1.29, 1.82) is 0 Å². The molecule has 15 heavy (non-hydrogen) atoms. The zero-order valence-corrected chi connectivity index (χ0v) is 9.55. The summed E-state index contributed by atoms with van der Waals surface area (Å²) in [6.45, 7) is 0.330. The number of nitrogens with zero attached hydrogens (tertiary/aromatic N) is 1. The summed E-state index contributed by atoms with van der Waals surface area (Å²) < 4.78 is 25.2. The van der Waals surface area contributed by atoms with Crippen LogP contribution in [0.1, 0.15) is 6.42 Å². The first-order chi connectivity index (χ1) is 7.05. The van der Waals surface area contributed by atoms with Crippen molar-refractivity contribution in [3.63, 3.8) is 0 Å². The van der Waals surface area contributed by atoms with Crippen LogP contribution < -0.4 is 10.5 Å². The Labute approximate surface area is 93.7 Å². The van der Waals surface area contributed by atoms with E-state index in [1.165, 1.54) is 6.20 Å². The summed E-state index contributed by atoms with van der Waals surface area (Å²) in [5.74, 6) is 0.118. The number of aromatic nitrogens is 1. The summed E-state index contributed by atoms with van der Waals surface area (Å²) in [5.41, 5.74) is 5.23. The minimum absolute atomic E-state index is 0.0313. The molecule has 84 valence electrons. The quantitative estimate of drug-likeness (QED) is 0.809. The van der Waals surface area contributed by atoms with Crippen LogP contribution in [0.2, 0.25) is 5.02 Å². The number of halogens is 1. The van der Waals surface area contributed by atoms with Crippen LogP contribution in [0.5, 0.6) is 0 Å². The molecule has 7 heteroatoms. The maximum atomic E-state index is 11.4. The van der Waals surface area contributed by atoms with E-state index in [1.807, 2.05) is 0 Å². The van der Waals surface area contributed by atoms with Gasteiger partial charge in [-0.1, -0.05) is 11.6 Å². The molecule has 0 amide bonds. The van der Waals surface area contributed by atoms with Crippen LogP contribution in [0.3, 0.4) is 0 Å². The van der Waals surface area contributed by atoms with Crippen LogP contribution in [-0.2, 0) is 10.0 Å². The first kappa shape index (κ1) is 12.2. The van der Waals surface area contributed by atoms with E-state index in [4.69, 9.17) is 17.3 Å². The molecular weight excluding hydrogens is 238 g/mol. The summed E-state index contributed by atoms with van der Waals surface area (Å²) in [7, 11) is -3.40. The minimum Gasteiger partial charge on any atom is -0.330 e. The Hall–Kier alpha value is -0.850. The maximum absolute atomic E-state index is 11.4. The van der Waals surface area contributed by atoms with Gasteiger partial charge in [-0.25, -0.2) is 13.4 Å². The molecule has 3 N–H and O–H groups in total. The van der Waals surface area contributed by atoms with Gasteiger partial charge in [0.05, 0.1) is 10.8 Å². The molecule has 0 aliphatic heterocycles. The van der Waals surface area contributed by atoms with Gasteiger partial charge in [-0.05, 0) is 25.1 Å². The van der Waals surface area contributed by atoms with Gasteiger partial charge in [0.15, 0.2) is 5.82 Å². The molecule has 1 aromatic rings. The molecule has 0 saturated carbocycles. The van der Waals surface area contributed by atoms with Crippen molar-refractivity contribution < 1.29 is 8.42 Å². The van der Waals surface area contributed by atoms with E-state index in [1.54, 1.807) is 12.1 Å². The predicted octanol–water partition coefficient (Wildman–Crippen LogP) is 0.826. The van der Waals surface area contributed by atoms with Crippen LogP contribution in [0.4, 0.5) is 5.82 Å². The van der Waals surface area contributed by atoms with Crippen LogP contribution in [-0.4, -0.2) is 25.7 Å². The number of nitrogens with one attached hydrogen (secondary N) is 1. The normalized spacial score (nSPS) is 11.3. The van der Waals surface area contributed by atoms with Crippen molar-refractivity contribution in [2.75, 3.05) is 17.0 Å². The average Bonchev–Trinajstić information content (AvgIpc) is 2.18. The largest absolute Gasteiger partial charge is 0.330 e. The Kier molecular flexibility index (Phi) is 4.31. The number of sulfonamides is 1. The zero-order valence-electron chi connectivity index (χ0n) is 7.98. The predicted molar refractivity (Wildman–Crippen MR) is 60.3 cm³/mol. The number of nitrogens with two attached hydrogens (primary N) is 1. The third kappa shape index (κ3) is 4.03. The average molecular weight is 250 g/mol. The second kappa shape index (κ2) is 5.29. The van der Waals surface area contributed by atoms with Crippen LogP contribution in [0.15, 0.2) is 18.3 Å². The summed E-state index contributed by atoms with van der Waals surface area (Å²) in [6, 6.07) is 3.19. The molecule has 0 atom stereocenters. The van der Waals surface area contributed by atoms with Crippen molar-refractivity contribution in [3.05, 3.63) is 23.4 Å². The summed E-state index contributed by atoms with van der Waals surface area (Å²) in [5, 5.41) is 0.272. The topological polar surface area (TPSA) is 85.1 Å². The van der Waals surface area contributed by atoms with Gasteiger partial charge in [-0.2, -0.15) is 0 Å². The van der Waals surface area contributed by atoms with E-state index in [2.05, 4.69) is 9.71 Å². The van der Waals surface area contributed by atoms with Gasteiger partial charge in [-0.3, -0.25) is 4.72 Å². The fourth-order valence-electron chi connectivity index (χ4n) is 0.932. The van der Waals surface area contributed by atoms with Crippen molar-refractivity contribution >= 4 is 27.4 Å². The Morgan fingerprint density at radius 1 is 1.53 bits per heavy atom. The Morgan fingerprint density at radius 3 is 2.87 bits per heavy atom. The number of pyridine rings is 1. The lowest BCUT2D eigenvalue weighted by molar-refractivity contribution is 0.598. The Balaban J connectivity index is 2.74. The Bertz CT molecular complexity index is 422. The van der Waals surface area contributed by atoms with Crippen LogP contribution >= 0.6 is 11.6 Å². The fraction of sp³-hybridized carbons (Fsp3) is 0.375. The monoisotopic (exact) mass is 249 g/mol. The molecule has 0 aliphatic rings. The van der Waals surface area contributed by atoms with Crippen molar-refractivity contribution in [2.24, 2.45) is 5.73 Å². The van der Waals surface area contributed by atoms with Crippen molar-refractivity contribution in [2.45, 2.75) is 6.42 Å². The number of hydrogen-bond donors (Lipinski definition) is 2. The molecule has 0 spiro atoms. The van der Waals surface area contributed by atoms with Crippen LogP contribution in [0, 0.1) is 0 Å². The van der Waals surface area contributed by atoms with E-state index >= 15 is 0 Å². The second-order valence-corrected chi connectivity index (χ2v) is 5.15. The molecule has 0 bridgehead atoms. The number of anilines is 1. The van der Waals surface area contributed by atoms with E-state index in [0.29, 0.717) is 13.0 Å². The van der Waals surface area contributed by atoms with Crippen LogP contribution in [0.25, 0.3) is 0 Å². The highest BCUT2D eigenvalue weighted by Crippen LogP contribution is 2.18. The number of hydrogen-bond acceptors (Lipinski definition) is 4. The summed E-state index contributed by atoms with van der Waals surface area (Å²) in [4.78, 5) is 3.82. The third-order valence-electron chi connectivity index (χ3n) is 1.63. The van der Waals surface area contributed by atoms with Gasteiger partial charge in [0.25, 0.3) is 0 Å². The molecule has 0 aromatic carbocycles. The SMILES string of the molecule is NCCCS(=O)(=O)Nc1ncccc1Cl. The maximum Gasteiger partial charge on any atom is 0.233 e. The van der Waals surface area contributed by atoms with E-state index in [0.717, 1.165) is 0 Å². The smallest absolute Gasteiger partial charge is 0.233 e. The molecule has 1 rings (SSSR count). The third-order valence-corrected chi connectivity index (χ3v) is 3.26. The molecule has 5 nitrogen and oxygen atoms in total. The van der Waals surface area contributed by atoms with Crippen molar-refractivity contribution in [3.8, 4) is 0 Å². The summed E-state index contributed by atoms with van der Waals surface area (Å²) >= 11 is 5.75. The van der Waals surface area contributed by atoms with E-state index in [9.17, 15) is 8.42 Å². The second-order valence-electron chi connectivity index (χ2n) is 2.90. The van der Waals surface area contributed by atoms with Gasteiger partial charge >= 0.3 is 0 Å². The highest BCUT2D eigenvalue weighted by molar-refractivity contribution is 7.92. The summed E-state index contributed by atoms with van der Waals surface area (Å²) in [6.07, 6.45) is 1.87. The highest BCUT2D eigenvalue weighted by atomic mass is 35.5. The van der Waals surface area contributed by atoms with E-state index in [-0.39, 0.29) is 16.6 Å². The molecular formula is C8H12ClN3O2S. The van der Waals surface area contributed by atoms with Gasteiger partial charge < -0.3 is 5.73 Å².